The van der Waals surface area contributed by atoms with Crippen molar-refractivity contribution in [3.8, 4) is 5.75 Å². The van der Waals surface area contributed by atoms with E-state index in [0.29, 0.717) is 6.61 Å². The van der Waals surface area contributed by atoms with Gasteiger partial charge in [0.25, 0.3) is 0 Å². The van der Waals surface area contributed by atoms with E-state index in [4.69, 9.17) is 4.74 Å². The lowest BCUT2D eigenvalue weighted by atomic mass is 10.1. The molecule has 0 aliphatic heterocycles. The summed E-state index contributed by atoms with van der Waals surface area (Å²) in [7, 11) is 0. The monoisotopic (exact) mass is 249 g/mol. The number of nitrogens with zero attached hydrogens (tertiary/aromatic N) is 1. The minimum absolute atomic E-state index is 0.562. The smallest absolute Gasteiger partial charge is 0.119 e. The summed E-state index contributed by atoms with van der Waals surface area (Å²) in [5.74, 6) is 0.888. The summed E-state index contributed by atoms with van der Waals surface area (Å²) in [5.41, 5.74) is 3.41. The average Bonchev–Trinajstić information content (AvgIpc) is 2.45. The van der Waals surface area contributed by atoms with Gasteiger partial charge >= 0.3 is 0 Å². The largest absolute Gasteiger partial charge is 0.489 e. The number of ether oxygens (including phenoxy) is 1. The van der Waals surface area contributed by atoms with E-state index in [9.17, 15) is 0 Å². The van der Waals surface area contributed by atoms with Gasteiger partial charge in [-0.1, -0.05) is 30.3 Å². The number of benzene rings is 2. The number of aromatic nitrogens is 1. The van der Waals surface area contributed by atoms with E-state index in [1.165, 1.54) is 5.56 Å². The fourth-order valence-electron chi connectivity index (χ4n) is 2.12. The first kappa shape index (κ1) is 11.7. The predicted molar refractivity (Wildman–Crippen MR) is 77.3 cm³/mol. The number of aryl methyl sites for hydroxylation is 1. The van der Waals surface area contributed by atoms with Gasteiger partial charge in [0.1, 0.15) is 12.4 Å². The van der Waals surface area contributed by atoms with E-state index in [0.717, 1.165) is 22.2 Å². The number of rotatable bonds is 3. The van der Waals surface area contributed by atoms with Crippen LogP contribution in [0.25, 0.3) is 10.9 Å². The van der Waals surface area contributed by atoms with Crippen molar-refractivity contribution in [3.05, 3.63) is 71.9 Å². The van der Waals surface area contributed by atoms with E-state index in [1.807, 2.05) is 42.6 Å². The third kappa shape index (κ3) is 2.58. The van der Waals surface area contributed by atoms with Crippen LogP contribution < -0.4 is 4.74 Å². The quantitative estimate of drug-likeness (QED) is 0.696. The van der Waals surface area contributed by atoms with Gasteiger partial charge in [0.05, 0.1) is 5.52 Å². The molecule has 3 aromatic rings. The van der Waals surface area contributed by atoms with E-state index in [1.54, 1.807) is 0 Å². The van der Waals surface area contributed by atoms with Gasteiger partial charge < -0.3 is 4.74 Å². The molecule has 0 unspecified atom stereocenters. The molecule has 2 nitrogen and oxygen atoms in total. The first-order chi connectivity index (χ1) is 9.33. The summed E-state index contributed by atoms with van der Waals surface area (Å²) in [6.07, 6.45) is 1.84. The second-order valence-corrected chi connectivity index (χ2v) is 4.59. The van der Waals surface area contributed by atoms with Gasteiger partial charge in [-0.2, -0.15) is 0 Å². The highest BCUT2D eigenvalue weighted by atomic mass is 16.5. The Bertz CT molecular complexity index is 692. The van der Waals surface area contributed by atoms with Crippen molar-refractivity contribution >= 4 is 10.9 Å². The van der Waals surface area contributed by atoms with Gasteiger partial charge in [0.15, 0.2) is 0 Å². The molecule has 0 N–H and O–H groups in total. The maximum absolute atomic E-state index is 5.80. The van der Waals surface area contributed by atoms with Crippen LogP contribution in [0, 0.1) is 6.92 Å². The molecule has 3 rings (SSSR count). The fourth-order valence-corrected chi connectivity index (χ4v) is 2.12. The molecule has 0 fully saturated rings. The van der Waals surface area contributed by atoms with Gasteiger partial charge in [-0.15, -0.1) is 0 Å². The predicted octanol–water partition coefficient (Wildman–Crippen LogP) is 4.12. The third-order valence-corrected chi connectivity index (χ3v) is 3.13. The Balaban J connectivity index is 1.89. The Morgan fingerprint density at radius 2 is 1.84 bits per heavy atom. The molecule has 1 heterocycles. The average molecular weight is 249 g/mol. The molecule has 2 aromatic carbocycles. The van der Waals surface area contributed by atoms with E-state index >= 15 is 0 Å². The minimum Gasteiger partial charge on any atom is -0.489 e. The lowest BCUT2D eigenvalue weighted by Gasteiger charge is -2.09. The first-order valence-corrected chi connectivity index (χ1v) is 6.35. The zero-order chi connectivity index (χ0) is 13.1. The Hall–Kier alpha value is -2.35. The topological polar surface area (TPSA) is 22.1 Å². The summed E-state index contributed by atoms with van der Waals surface area (Å²) in [4.78, 5) is 4.40. The third-order valence-electron chi connectivity index (χ3n) is 3.13. The van der Waals surface area contributed by atoms with Crippen molar-refractivity contribution in [1.29, 1.82) is 0 Å². The van der Waals surface area contributed by atoms with Crippen molar-refractivity contribution in [2.75, 3.05) is 0 Å². The molecule has 2 heteroatoms. The maximum Gasteiger partial charge on any atom is 0.119 e. The Morgan fingerprint density at radius 1 is 1.00 bits per heavy atom. The van der Waals surface area contributed by atoms with Gasteiger partial charge in [-0.25, -0.2) is 0 Å². The Labute approximate surface area is 112 Å². The van der Waals surface area contributed by atoms with Crippen molar-refractivity contribution in [2.45, 2.75) is 13.5 Å². The van der Waals surface area contributed by atoms with Gasteiger partial charge in [-0.05, 0) is 36.8 Å². The molecule has 0 saturated carbocycles. The van der Waals surface area contributed by atoms with Crippen LogP contribution in [0.2, 0.25) is 0 Å². The zero-order valence-electron chi connectivity index (χ0n) is 10.8. The van der Waals surface area contributed by atoms with Crippen LogP contribution in [0.1, 0.15) is 11.1 Å². The molecule has 0 radical (unpaired) electrons. The number of hydrogen-bond donors (Lipinski definition) is 0. The molecule has 94 valence electrons. The molecule has 0 atom stereocenters. The summed E-state index contributed by atoms with van der Waals surface area (Å²) in [5, 5.41) is 1.16. The first-order valence-electron chi connectivity index (χ1n) is 6.35. The van der Waals surface area contributed by atoms with Crippen LogP contribution in [0.3, 0.4) is 0 Å². The van der Waals surface area contributed by atoms with Crippen LogP contribution in [0.5, 0.6) is 5.75 Å². The lowest BCUT2D eigenvalue weighted by Crippen LogP contribution is -1.97. The Morgan fingerprint density at radius 3 is 2.68 bits per heavy atom. The molecule has 1 aromatic heterocycles. The SMILES string of the molecule is Cc1ccc2c(COc3ccccc3)ccnc2c1. The maximum atomic E-state index is 5.80. The molecule has 0 aliphatic carbocycles. The zero-order valence-corrected chi connectivity index (χ0v) is 10.8. The number of fused-ring (bicyclic) bond motifs is 1. The van der Waals surface area contributed by atoms with Crippen LogP contribution in [-0.4, -0.2) is 4.98 Å². The minimum atomic E-state index is 0.562. The highest BCUT2D eigenvalue weighted by molar-refractivity contribution is 5.82. The molecular weight excluding hydrogens is 234 g/mol. The van der Waals surface area contributed by atoms with Crippen molar-refractivity contribution in [2.24, 2.45) is 0 Å². The van der Waals surface area contributed by atoms with Crippen LogP contribution in [0.4, 0.5) is 0 Å². The van der Waals surface area contributed by atoms with Crippen molar-refractivity contribution in [3.63, 3.8) is 0 Å². The number of pyridine rings is 1. The molecule has 0 spiro atoms. The summed E-state index contributed by atoms with van der Waals surface area (Å²) >= 11 is 0. The second-order valence-electron chi connectivity index (χ2n) is 4.59. The number of para-hydroxylation sites is 1. The van der Waals surface area contributed by atoms with Gasteiger partial charge in [-0.3, -0.25) is 4.98 Å². The van der Waals surface area contributed by atoms with Crippen LogP contribution >= 0.6 is 0 Å². The van der Waals surface area contributed by atoms with Crippen molar-refractivity contribution < 1.29 is 4.74 Å². The molecular formula is C17H15NO. The summed E-state index contributed by atoms with van der Waals surface area (Å²) in [6, 6.07) is 18.2. The standard InChI is InChI=1S/C17H15NO/c1-13-7-8-16-14(9-10-18-17(16)11-13)12-19-15-5-3-2-4-6-15/h2-11H,12H2,1H3. The van der Waals surface area contributed by atoms with E-state index < -0.39 is 0 Å². The Kier molecular flexibility index (Phi) is 3.15. The van der Waals surface area contributed by atoms with Crippen molar-refractivity contribution in [1.82, 2.24) is 4.98 Å². The van der Waals surface area contributed by atoms with E-state index in [2.05, 4.69) is 30.1 Å². The number of hydrogen-bond acceptors (Lipinski definition) is 2. The summed E-state index contributed by atoms with van der Waals surface area (Å²) < 4.78 is 5.80. The molecule has 0 amide bonds. The molecule has 0 bridgehead atoms. The highest BCUT2D eigenvalue weighted by Crippen LogP contribution is 2.20. The fraction of sp³-hybridized carbons (Fsp3) is 0.118. The van der Waals surface area contributed by atoms with Crippen LogP contribution in [0.15, 0.2) is 60.8 Å². The van der Waals surface area contributed by atoms with Crippen LogP contribution in [-0.2, 0) is 6.61 Å². The highest BCUT2D eigenvalue weighted by Gasteiger charge is 2.03. The van der Waals surface area contributed by atoms with Gasteiger partial charge in [0.2, 0.25) is 0 Å². The second kappa shape index (κ2) is 5.11. The lowest BCUT2D eigenvalue weighted by molar-refractivity contribution is 0.307. The molecule has 0 saturated heterocycles. The van der Waals surface area contributed by atoms with E-state index in [-0.39, 0.29) is 0 Å². The molecule has 19 heavy (non-hydrogen) atoms. The normalized spacial score (nSPS) is 10.6. The molecule has 0 aliphatic rings. The summed E-state index contributed by atoms with van der Waals surface area (Å²) in [6.45, 7) is 2.64. The van der Waals surface area contributed by atoms with Gasteiger partial charge in [0, 0.05) is 17.1 Å².